The van der Waals surface area contributed by atoms with Crippen molar-refractivity contribution in [3.63, 3.8) is 0 Å². The Hall–Kier alpha value is -3.30. The van der Waals surface area contributed by atoms with Gasteiger partial charge in [0.15, 0.2) is 5.57 Å². The van der Waals surface area contributed by atoms with Gasteiger partial charge in [0.05, 0.1) is 17.4 Å². The summed E-state index contributed by atoms with van der Waals surface area (Å²) in [7, 11) is 0. The van der Waals surface area contributed by atoms with E-state index in [9.17, 15) is 18.8 Å². The first-order chi connectivity index (χ1) is 14.8. The number of ether oxygens (including phenoxy) is 3. The highest BCUT2D eigenvalue weighted by Crippen LogP contribution is 2.31. The van der Waals surface area contributed by atoms with E-state index in [1.807, 2.05) is 4.90 Å². The highest BCUT2D eigenvalue weighted by atomic mass is 19.1. The van der Waals surface area contributed by atoms with E-state index in [1.54, 1.807) is 26.8 Å². The lowest BCUT2D eigenvalue weighted by Gasteiger charge is -2.29. The van der Waals surface area contributed by atoms with Gasteiger partial charge in [0, 0.05) is 33.1 Å². The van der Waals surface area contributed by atoms with Crippen LogP contribution in [0, 0.1) is 5.82 Å². The summed E-state index contributed by atoms with van der Waals surface area (Å²) in [6.07, 6.45) is 1.32. The summed E-state index contributed by atoms with van der Waals surface area (Å²) in [5.41, 5.74) is 0.0708. The molecular weight excluding hydrogens is 421 g/mol. The molecule has 32 heavy (non-hydrogen) atoms. The Morgan fingerprint density at radius 3 is 2.53 bits per heavy atom. The molecule has 0 radical (unpaired) electrons. The Balaban J connectivity index is 1.72. The van der Waals surface area contributed by atoms with Crippen LogP contribution in [0.25, 0.3) is 0 Å². The highest BCUT2D eigenvalue weighted by molar-refractivity contribution is 6.15. The van der Waals surface area contributed by atoms with Crippen LogP contribution in [0.3, 0.4) is 0 Å². The largest absolute Gasteiger partial charge is 0.444 e. The maximum Gasteiger partial charge on any atom is 0.407 e. The standard InChI is InChI=1S/C22H28FN3O6/c1-21(2,3)32-20(29)25-14-8-9-26(12-14)17-7-6-13(23)10-16(17)24-11-15-18(27)30-22(4,5)31-19(15)28/h6-7,10-11,14,24H,8-9,12H2,1-5H3,(H,25,29). The number of anilines is 2. The van der Waals surface area contributed by atoms with Gasteiger partial charge in [-0.3, -0.25) is 0 Å². The zero-order chi connectivity index (χ0) is 23.7. The molecule has 2 N–H and O–H groups in total. The molecule has 1 atom stereocenters. The second kappa shape index (κ2) is 8.68. The van der Waals surface area contributed by atoms with Gasteiger partial charge in [-0.25, -0.2) is 18.8 Å². The Kier molecular flexibility index (Phi) is 6.34. The number of hydrogen-bond acceptors (Lipinski definition) is 8. The van der Waals surface area contributed by atoms with Gasteiger partial charge in [-0.15, -0.1) is 0 Å². The van der Waals surface area contributed by atoms with Crippen molar-refractivity contribution in [2.24, 2.45) is 0 Å². The number of benzene rings is 1. The molecule has 174 valence electrons. The van der Waals surface area contributed by atoms with Crippen LogP contribution in [-0.2, 0) is 23.8 Å². The van der Waals surface area contributed by atoms with Crippen LogP contribution in [-0.4, -0.2) is 48.6 Å². The normalized spacial score (nSPS) is 20.4. The van der Waals surface area contributed by atoms with Crippen LogP contribution >= 0.6 is 0 Å². The average Bonchev–Trinajstić information content (AvgIpc) is 3.06. The molecule has 2 heterocycles. The highest BCUT2D eigenvalue weighted by Gasteiger charge is 2.39. The molecule has 2 aliphatic heterocycles. The van der Waals surface area contributed by atoms with E-state index in [0.29, 0.717) is 30.9 Å². The van der Waals surface area contributed by atoms with Crippen LogP contribution < -0.4 is 15.5 Å². The van der Waals surface area contributed by atoms with Crippen LogP contribution in [0.15, 0.2) is 30.0 Å². The zero-order valence-corrected chi connectivity index (χ0v) is 18.8. The first-order valence-corrected chi connectivity index (χ1v) is 10.3. The van der Waals surface area contributed by atoms with Crippen molar-refractivity contribution in [3.05, 3.63) is 35.8 Å². The third kappa shape index (κ3) is 5.89. The number of esters is 2. The van der Waals surface area contributed by atoms with E-state index in [4.69, 9.17) is 14.2 Å². The second-order valence-corrected chi connectivity index (χ2v) is 9.12. The first kappa shape index (κ1) is 23.4. The van der Waals surface area contributed by atoms with Gasteiger partial charge in [0.2, 0.25) is 0 Å². The summed E-state index contributed by atoms with van der Waals surface area (Å²) in [6.45, 7) is 9.36. The van der Waals surface area contributed by atoms with Crippen LogP contribution in [0.1, 0.15) is 41.0 Å². The molecule has 1 aromatic carbocycles. The van der Waals surface area contributed by atoms with Crippen molar-refractivity contribution in [2.75, 3.05) is 23.3 Å². The first-order valence-electron chi connectivity index (χ1n) is 10.3. The second-order valence-electron chi connectivity index (χ2n) is 9.12. The summed E-state index contributed by atoms with van der Waals surface area (Å²) in [5, 5.41) is 5.66. The summed E-state index contributed by atoms with van der Waals surface area (Å²) in [4.78, 5) is 38.3. The molecule has 10 heteroatoms. The van der Waals surface area contributed by atoms with Gasteiger partial charge in [-0.2, -0.15) is 0 Å². The van der Waals surface area contributed by atoms with Gasteiger partial charge in [0.1, 0.15) is 11.4 Å². The lowest BCUT2D eigenvalue weighted by atomic mass is 10.2. The Labute approximate surface area is 185 Å². The smallest absolute Gasteiger partial charge is 0.407 e. The fourth-order valence-electron chi connectivity index (χ4n) is 3.40. The van der Waals surface area contributed by atoms with Gasteiger partial charge < -0.3 is 29.7 Å². The Bertz CT molecular complexity index is 931. The van der Waals surface area contributed by atoms with E-state index in [0.717, 1.165) is 6.20 Å². The minimum Gasteiger partial charge on any atom is -0.444 e. The van der Waals surface area contributed by atoms with E-state index in [2.05, 4.69) is 10.6 Å². The number of nitrogens with zero attached hydrogens (tertiary/aromatic N) is 1. The fraction of sp³-hybridized carbons (Fsp3) is 0.500. The zero-order valence-electron chi connectivity index (χ0n) is 18.8. The molecular formula is C22H28FN3O6. The number of halogens is 1. The number of amides is 1. The lowest BCUT2D eigenvalue weighted by molar-refractivity contribution is -0.222. The topological polar surface area (TPSA) is 106 Å². The van der Waals surface area contributed by atoms with E-state index in [1.165, 1.54) is 26.0 Å². The average molecular weight is 449 g/mol. The van der Waals surface area contributed by atoms with Crippen LogP contribution in [0.4, 0.5) is 20.6 Å². The summed E-state index contributed by atoms with van der Waals surface area (Å²) in [6, 6.07) is 4.01. The van der Waals surface area contributed by atoms with Crippen molar-refractivity contribution in [1.29, 1.82) is 0 Å². The Morgan fingerprint density at radius 2 is 1.91 bits per heavy atom. The molecule has 9 nitrogen and oxygen atoms in total. The van der Waals surface area contributed by atoms with E-state index < -0.39 is 35.2 Å². The van der Waals surface area contributed by atoms with Crippen molar-refractivity contribution >= 4 is 29.4 Å². The predicted octanol–water partition coefficient (Wildman–Crippen LogP) is 3.06. The van der Waals surface area contributed by atoms with Crippen molar-refractivity contribution < 1.29 is 33.0 Å². The molecule has 0 aromatic heterocycles. The number of carbonyl (C=O) groups excluding carboxylic acids is 3. The summed E-state index contributed by atoms with van der Waals surface area (Å²) < 4.78 is 29.3. The van der Waals surface area contributed by atoms with E-state index in [-0.39, 0.29) is 11.6 Å². The Morgan fingerprint density at radius 1 is 1.25 bits per heavy atom. The van der Waals surface area contributed by atoms with Gasteiger partial charge in [-0.1, -0.05) is 0 Å². The molecule has 0 saturated carbocycles. The van der Waals surface area contributed by atoms with E-state index >= 15 is 0 Å². The molecule has 2 saturated heterocycles. The monoisotopic (exact) mass is 449 g/mol. The number of rotatable bonds is 4. The molecule has 1 amide bonds. The fourth-order valence-corrected chi connectivity index (χ4v) is 3.40. The minimum absolute atomic E-state index is 0.147. The van der Waals surface area contributed by atoms with Gasteiger partial charge in [-0.05, 0) is 45.4 Å². The number of carbonyl (C=O) groups is 3. The predicted molar refractivity (Wildman–Crippen MR) is 114 cm³/mol. The quantitative estimate of drug-likeness (QED) is 0.410. The molecule has 0 spiro atoms. The molecule has 2 aliphatic rings. The minimum atomic E-state index is -1.35. The van der Waals surface area contributed by atoms with Crippen LogP contribution in [0.2, 0.25) is 0 Å². The maximum absolute atomic E-state index is 13.9. The summed E-state index contributed by atoms with van der Waals surface area (Å²) >= 11 is 0. The number of hydrogen-bond donors (Lipinski definition) is 2. The third-order valence-electron chi connectivity index (χ3n) is 4.70. The number of alkyl carbamates (subject to hydrolysis) is 1. The van der Waals surface area contributed by atoms with Crippen molar-refractivity contribution in [2.45, 2.75) is 58.5 Å². The number of cyclic esters (lactones) is 2. The molecule has 1 unspecified atom stereocenters. The van der Waals surface area contributed by atoms with Crippen molar-refractivity contribution in [3.8, 4) is 0 Å². The molecule has 2 fully saturated rings. The van der Waals surface area contributed by atoms with Crippen LogP contribution in [0.5, 0.6) is 0 Å². The van der Waals surface area contributed by atoms with Gasteiger partial charge >= 0.3 is 18.0 Å². The number of nitrogens with one attached hydrogen (secondary N) is 2. The lowest BCUT2D eigenvalue weighted by Crippen LogP contribution is -2.42. The maximum atomic E-state index is 13.9. The molecule has 0 aliphatic carbocycles. The summed E-state index contributed by atoms with van der Waals surface area (Å²) in [5.74, 6) is -3.51. The molecule has 3 rings (SSSR count). The SMILES string of the molecule is CC(C)(C)OC(=O)NC1CCN(c2ccc(F)cc2NC=C2C(=O)OC(C)(C)OC2=O)C1. The van der Waals surface area contributed by atoms with Crippen molar-refractivity contribution in [1.82, 2.24) is 5.32 Å². The molecule has 0 bridgehead atoms. The third-order valence-corrected chi connectivity index (χ3v) is 4.70. The van der Waals surface area contributed by atoms with Gasteiger partial charge in [0.25, 0.3) is 5.79 Å². The molecule has 1 aromatic rings.